The lowest BCUT2D eigenvalue weighted by molar-refractivity contribution is 0.192. The predicted octanol–water partition coefficient (Wildman–Crippen LogP) is 1.58. The maximum atomic E-state index is 6.55. The number of halogens is 1. The Hall–Kier alpha value is -0.620. The Balaban J connectivity index is 2.24. The van der Waals surface area contributed by atoms with E-state index < -0.39 is 0 Å². The lowest BCUT2D eigenvalue weighted by Crippen LogP contribution is -2.46. The summed E-state index contributed by atoms with van der Waals surface area (Å²) in [5, 5.41) is 5.05. The Bertz CT molecular complexity index is 433. The van der Waals surface area contributed by atoms with E-state index in [0.29, 0.717) is 5.02 Å². The highest BCUT2D eigenvalue weighted by Crippen LogP contribution is 2.27. The van der Waals surface area contributed by atoms with Crippen LogP contribution in [0.3, 0.4) is 0 Å². The summed E-state index contributed by atoms with van der Waals surface area (Å²) in [5.74, 6) is 0. The molecule has 0 aliphatic carbocycles. The van der Waals surface area contributed by atoms with Crippen molar-refractivity contribution in [1.29, 1.82) is 0 Å². The van der Waals surface area contributed by atoms with Gasteiger partial charge in [-0.25, -0.2) is 0 Å². The summed E-state index contributed by atoms with van der Waals surface area (Å²) >= 11 is 6.32. The fourth-order valence-electron chi connectivity index (χ4n) is 2.97. The molecule has 2 unspecified atom stereocenters. The number of rotatable bonds is 4. The Morgan fingerprint density at radius 2 is 2.20 bits per heavy atom. The van der Waals surface area contributed by atoms with Crippen LogP contribution in [0.5, 0.6) is 0 Å². The van der Waals surface area contributed by atoms with Gasteiger partial charge in [0.25, 0.3) is 0 Å². The normalized spacial score (nSPS) is 23.8. The zero-order valence-corrected chi connectivity index (χ0v) is 13.5. The summed E-state index contributed by atoms with van der Waals surface area (Å²) in [7, 11) is 4.31. The minimum absolute atomic E-state index is 0.109. The van der Waals surface area contributed by atoms with E-state index in [2.05, 4.69) is 35.9 Å². The van der Waals surface area contributed by atoms with Crippen LogP contribution in [0.15, 0.2) is 6.20 Å². The molecular formula is C14H26ClN5. The van der Waals surface area contributed by atoms with E-state index in [1.165, 1.54) is 6.42 Å². The predicted molar refractivity (Wildman–Crippen MR) is 83.0 cm³/mol. The highest BCUT2D eigenvalue weighted by molar-refractivity contribution is 6.31. The van der Waals surface area contributed by atoms with Crippen molar-refractivity contribution >= 4 is 11.6 Å². The van der Waals surface area contributed by atoms with Gasteiger partial charge in [-0.3, -0.25) is 4.68 Å². The van der Waals surface area contributed by atoms with Crippen LogP contribution in [0.25, 0.3) is 0 Å². The zero-order chi connectivity index (χ0) is 14.7. The zero-order valence-electron chi connectivity index (χ0n) is 12.7. The van der Waals surface area contributed by atoms with Crippen molar-refractivity contribution in [2.24, 2.45) is 5.73 Å². The minimum atomic E-state index is -0.109. The number of nitrogens with zero attached hydrogens (tertiary/aromatic N) is 4. The Morgan fingerprint density at radius 1 is 1.45 bits per heavy atom. The molecule has 2 rings (SSSR count). The second kappa shape index (κ2) is 6.89. The molecular weight excluding hydrogens is 274 g/mol. The summed E-state index contributed by atoms with van der Waals surface area (Å²) in [6.45, 7) is 6.15. The maximum absolute atomic E-state index is 6.55. The van der Waals surface area contributed by atoms with Gasteiger partial charge in [-0.15, -0.1) is 0 Å². The first-order valence-corrected chi connectivity index (χ1v) is 7.78. The van der Waals surface area contributed by atoms with Crippen LogP contribution in [0.2, 0.25) is 5.02 Å². The standard InChI is InChI=1S/C14H26ClN5/c1-4-6-20-14(11(15)9-17-20)13(16)12-10-18(2)7-5-8-19(12)3/h9,12-13H,4-8,10,16H2,1-3H3. The minimum Gasteiger partial charge on any atom is -0.321 e. The van der Waals surface area contributed by atoms with Crippen LogP contribution < -0.4 is 5.73 Å². The van der Waals surface area contributed by atoms with Crippen LogP contribution in [-0.2, 0) is 6.54 Å². The number of likely N-dealkylation sites (N-methyl/N-ethyl adjacent to an activating group) is 2. The molecule has 114 valence electrons. The molecule has 1 aromatic heterocycles. The molecule has 2 N–H and O–H groups in total. The average Bonchev–Trinajstić information content (AvgIpc) is 2.67. The third-order valence-corrected chi connectivity index (χ3v) is 4.41. The van der Waals surface area contributed by atoms with E-state index in [9.17, 15) is 0 Å². The van der Waals surface area contributed by atoms with Gasteiger partial charge in [0.1, 0.15) is 0 Å². The summed E-state index contributed by atoms with van der Waals surface area (Å²) in [4.78, 5) is 4.70. The molecule has 1 aliphatic heterocycles. The van der Waals surface area contributed by atoms with E-state index in [1.54, 1.807) is 6.20 Å². The fraction of sp³-hybridized carbons (Fsp3) is 0.786. The van der Waals surface area contributed by atoms with Crippen LogP contribution in [0.4, 0.5) is 0 Å². The molecule has 2 atom stereocenters. The van der Waals surface area contributed by atoms with Crippen LogP contribution in [0, 0.1) is 0 Å². The summed E-state index contributed by atoms with van der Waals surface area (Å²) in [6.07, 6.45) is 3.92. The molecule has 20 heavy (non-hydrogen) atoms. The molecule has 1 saturated heterocycles. The van der Waals surface area contributed by atoms with E-state index in [1.807, 2.05) is 4.68 Å². The van der Waals surface area contributed by atoms with Crippen molar-refractivity contribution in [2.45, 2.75) is 38.4 Å². The van der Waals surface area contributed by atoms with E-state index in [0.717, 1.165) is 38.3 Å². The molecule has 1 aliphatic rings. The van der Waals surface area contributed by atoms with E-state index >= 15 is 0 Å². The Morgan fingerprint density at radius 3 is 2.90 bits per heavy atom. The molecule has 0 amide bonds. The van der Waals surface area contributed by atoms with Gasteiger partial charge in [-0.1, -0.05) is 18.5 Å². The quantitative estimate of drug-likeness (QED) is 0.917. The average molecular weight is 300 g/mol. The molecule has 5 nitrogen and oxygen atoms in total. The van der Waals surface area contributed by atoms with Crippen molar-refractivity contribution < 1.29 is 0 Å². The van der Waals surface area contributed by atoms with E-state index in [4.69, 9.17) is 17.3 Å². The summed E-state index contributed by atoms with van der Waals surface area (Å²) in [6, 6.07) is 0.161. The lowest BCUT2D eigenvalue weighted by atomic mass is 10.0. The van der Waals surface area contributed by atoms with Crippen molar-refractivity contribution in [2.75, 3.05) is 33.7 Å². The molecule has 0 aromatic carbocycles. The van der Waals surface area contributed by atoms with Gasteiger partial charge in [0, 0.05) is 19.1 Å². The van der Waals surface area contributed by atoms with Gasteiger partial charge in [-0.2, -0.15) is 5.10 Å². The van der Waals surface area contributed by atoms with Crippen molar-refractivity contribution in [3.05, 3.63) is 16.9 Å². The molecule has 6 heteroatoms. The molecule has 1 fully saturated rings. The van der Waals surface area contributed by atoms with Crippen LogP contribution >= 0.6 is 11.6 Å². The molecule has 0 bridgehead atoms. The molecule has 1 aromatic rings. The van der Waals surface area contributed by atoms with Crippen molar-refractivity contribution in [3.63, 3.8) is 0 Å². The van der Waals surface area contributed by atoms with Crippen LogP contribution in [-0.4, -0.2) is 59.4 Å². The highest BCUT2D eigenvalue weighted by Gasteiger charge is 2.30. The fourth-order valence-corrected chi connectivity index (χ4v) is 3.24. The first kappa shape index (κ1) is 15.8. The van der Waals surface area contributed by atoms with E-state index in [-0.39, 0.29) is 12.1 Å². The highest BCUT2D eigenvalue weighted by atomic mass is 35.5. The monoisotopic (exact) mass is 299 g/mol. The van der Waals surface area contributed by atoms with Gasteiger partial charge in [0.2, 0.25) is 0 Å². The Labute approximate surface area is 126 Å². The van der Waals surface area contributed by atoms with Crippen molar-refractivity contribution in [1.82, 2.24) is 19.6 Å². The van der Waals surface area contributed by atoms with Gasteiger partial charge in [-0.05, 0) is 40.0 Å². The van der Waals surface area contributed by atoms with Gasteiger partial charge in [0.05, 0.1) is 23.0 Å². The Kier molecular flexibility index (Phi) is 5.43. The third-order valence-electron chi connectivity index (χ3n) is 4.11. The SMILES string of the molecule is CCCn1ncc(Cl)c1C(N)C1CN(C)CCCN1C. The number of hydrogen-bond donors (Lipinski definition) is 1. The number of hydrogen-bond acceptors (Lipinski definition) is 4. The molecule has 0 saturated carbocycles. The largest absolute Gasteiger partial charge is 0.321 e. The van der Waals surface area contributed by atoms with Gasteiger partial charge in [0.15, 0.2) is 0 Å². The molecule has 0 spiro atoms. The van der Waals surface area contributed by atoms with Crippen molar-refractivity contribution in [3.8, 4) is 0 Å². The van der Waals surface area contributed by atoms with Crippen LogP contribution in [0.1, 0.15) is 31.5 Å². The second-order valence-corrected chi connectivity index (χ2v) is 6.20. The summed E-state index contributed by atoms with van der Waals surface area (Å²) in [5.41, 5.74) is 7.53. The lowest BCUT2D eigenvalue weighted by Gasteiger charge is -2.32. The number of aryl methyl sites for hydroxylation is 1. The topological polar surface area (TPSA) is 50.3 Å². The maximum Gasteiger partial charge on any atom is 0.0834 e. The first-order chi connectivity index (χ1) is 9.54. The molecule has 2 heterocycles. The second-order valence-electron chi connectivity index (χ2n) is 5.79. The summed E-state index contributed by atoms with van der Waals surface area (Å²) < 4.78 is 1.96. The molecule has 0 radical (unpaired) electrons. The number of nitrogens with two attached hydrogens (primary N) is 1. The first-order valence-electron chi connectivity index (χ1n) is 7.40. The van der Waals surface area contributed by atoms with Gasteiger partial charge < -0.3 is 15.5 Å². The number of aromatic nitrogens is 2. The third kappa shape index (κ3) is 3.34. The van der Waals surface area contributed by atoms with Gasteiger partial charge >= 0.3 is 0 Å². The smallest absolute Gasteiger partial charge is 0.0834 e.